The predicted octanol–water partition coefficient (Wildman–Crippen LogP) is 4.83. The van der Waals surface area contributed by atoms with E-state index in [4.69, 9.17) is 9.97 Å². The number of anilines is 2. The van der Waals surface area contributed by atoms with Gasteiger partial charge in [-0.25, -0.2) is 4.98 Å². The van der Waals surface area contributed by atoms with E-state index < -0.39 is 6.10 Å². The zero-order valence-corrected chi connectivity index (χ0v) is 18.0. The molecule has 5 nitrogen and oxygen atoms in total. The summed E-state index contributed by atoms with van der Waals surface area (Å²) >= 11 is 0. The Balaban J connectivity index is 1.56. The highest BCUT2D eigenvalue weighted by Crippen LogP contribution is 2.28. The van der Waals surface area contributed by atoms with Crippen LogP contribution < -0.4 is 10.2 Å². The lowest BCUT2D eigenvalue weighted by atomic mass is 9.95. The number of benzene rings is 2. The highest BCUT2D eigenvalue weighted by molar-refractivity contribution is 5.49. The molecule has 2 N–H and O–H groups in total. The molecule has 1 aliphatic heterocycles. The molecule has 0 fully saturated rings. The van der Waals surface area contributed by atoms with E-state index in [0.29, 0.717) is 18.4 Å². The van der Waals surface area contributed by atoms with Crippen molar-refractivity contribution in [3.63, 3.8) is 0 Å². The minimum absolute atomic E-state index is 0.328. The highest BCUT2D eigenvalue weighted by Gasteiger charge is 2.20. The Bertz CT molecular complexity index is 1000. The summed E-state index contributed by atoms with van der Waals surface area (Å²) in [6.07, 6.45) is 0.519. The van der Waals surface area contributed by atoms with Gasteiger partial charge in [-0.1, -0.05) is 62.4 Å². The molecule has 0 amide bonds. The molecule has 2 aromatic carbocycles. The standard InChI is InChI=1S/C25H30N4O/c1-17(2)23-14-24(28-25(27-23)26-15-19-7-5-4-6-8-19)29-12-11-21-13-20(18(3)30)9-10-22(21)16-29/h4-10,13-14,17-18,30H,11-12,15-16H2,1-3H3,(H,26,27,28)/t18-/m1/s1. The van der Waals surface area contributed by atoms with Crippen molar-refractivity contribution < 1.29 is 5.11 Å². The molecule has 0 spiro atoms. The Hall–Kier alpha value is -2.92. The van der Waals surface area contributed by atoms with Crippen LogP contribution in [0.4, 0.5) is 11.8 Å². The number of aliphatic hydroxyl groups is 1. The Labute approximate surface area is 178 Å². The molecule has 5 heteroatoms. The fraction of sp³-hybridized carbons (Fsp3) is 0.360. The van der Waals surface area contributed by atoms with Gasteiger partial charge in [0.1, 0.15) is 5.82 Å². The number of fused-ring (bicyclic) bond motifs is 1. The molecule has 1 atom stereocenters. The van der Waals surface area contributed by atoms with Crippen LogP contribution in [0.5, 0.6) is 0 Å². The summed E-state index contributed by atoms with van der Waals surface area (Å²) in [5.74, 6) is 1.97. The number of rotatable bonds is 6. The van der Waals surface area contributed by atoms with E-state index in [1.54, 1.807) is 0 Å². The van der Waals surface area contributed by atoms with Crippen molar-refractivity contribution in [3.8, 4) is 0 Å². The summed E-state index contributed by atoms with van der Waals surface area (Å²) in [5.41, 5.74) is 5.86. The highest BCUT2D eigenvalue weighted by atomic mass is 16.3. The van der Waals surface area contributed by atoms with Crippen LogP contribution in [-0.2, 0) is 19.5 Å². The molecule has 30 heavy (non-hydrogen) atoms. The Morgan fingerprint density at radius 3 is 2.53 bits per heavy atom. The number of aromatic nitrogens is 2. The first-order chi connectivity index (χ1) is 14.5. The lowest BCUT2D eigenvalue weighted by molar-refractivity contribution is 0.199. The van der Waals surface area contributed by atoms with Crippen molar-refractivity contribution in [2.75, 3.05) is 16.8 Å². The van der Waals surface area contributed by atoms with Crippen molar-refractivity contribution in [2.24, 2.45) is 0 Å². The van der Waals surface area contributed by atoms with Crippen molar-refractivity contribution in [2.45, 2.75) is 52.3 Å². The molecular formula is C25H30N4O. The number of hydrogen-bond donors (Lipinski definition) is 2. The molecule has 3 aromatic rings. The summed E-state index contributed by atoms with van der Waals surface area (Å²) < 4.78 is 0. The summed E-state index contributed by atoms with van der Waals surface area (Å²) in [6.45, 7) is 8.57. The second-order valence-electron chi connectivity index (χ2n) is 8.34. The zero-order valence-electron chi connectivity index (χ0n) is 18.0. The number of nitrogens with zero attached hydrogens (tertiary/aromatic N) is 3. The minimum Gasteiger partial charge on any atom is -0.389 e. The first kappa shape index (κ1) is 20.4. The van der Waals surface area contributed by atoms with Crippen LogP contribution >= 0.6 is 0 Å². The van der Waals surface area contributed by atoms with E-state index in [2.05, 4.69) is 54.4 Å². The van der Waals surface area contributed by atoms with Gasteiger partial charge in [-0.15, -0.1) is 0 Å². The number of nitrogens with one attached hydrogen (secondary N) is 1. The Kier molecular flexibility index (Phi) is 6.00. The molecular weight excluding hydrogens is 372 g/mol. The van der Waals surface area contributed by atoms with Crippen LogP contribution in [0.2, 0.25) is 0 Å². The van der Waals surface area contributed by atoms with Gasteiger partial charge in [0.15, 0.2) is 0 Å². The van der Waals surface area contributed by atoms with Crippen molar-refractivity contribution >= 4 is 11.8 Å². The summed E-state index contributed by atoms with van der Waals surface area (Å²) in [7, 11) is 0. The maximum absolute atomic E-state index is 9.87. The smallest absolute Gasteiger partial charge is 0.225 e. The lowest BCUT2D eigenvalue weighted by Crippen LogP contribution is -2.31. The maximum atomic E-state index is 9.87. The molecule has 0 bridgehead atoms. The van der Waals surface area contributed by atoms with Crippen LogP contribution in [-0.4, -0.2) is 21.6 Å². The average molecular weight is 403 g/mol. The second-order valence-corrected chi connectivity index (χ2v) is 8.34. The van der Waals surface area contributed by atoms with Crippen LogP contribution in [0.15, 0.2) is 54.6 Å². The van der Waals surface area contributed by atoms with Gasteiger partial charge in [0, 0.05) is 25.7 Å². The summed E-state index contributed by atoms with van der Waals surface area (Å²) in [6, 6.07) is 18.7. The second kappa shape index (κ2) is 8.84. The Morgan fingerprint density at radius 2 is 1.80 bits per heavy atom. The first-order valence-corrected chi connectivity index (χ1v) is 10.7. The predicted molar refractivity (Wildman–Crippen MR) is 122 cm³/mol. The third-order valence-electron chi connectivity index (χ3n) is 5.67. The van der Waals surface area contributed by atoms with Crippen LogP contribution in [0.1, 0.15) is 60.7 Å². The average Bonchev–Trinajstić information content (AvgIpc) is 2.77. The lowest BCUT2D eigenvalue weighted by Gasteiger charge is -2.31. The molecule has 0 saturated carbocycles. The van der Waals surface area contributed by atoms with Gasteiger partial charge in [-0.3, -0.25) is 0 Å². The SMILES string of the molecule is CC(C)c1cc(N2CCc3cc([C@@H](C)O)ccc3C2)nc(NCc2ccccc2)n1. The van der Waals surface area contributed by atoms with E-state index in [0.717, 1.165) is 36.6 Å². The Morgan fingerprint density at radius 1 is 1.00 bits per heavy atom. The monoisotopic (exact) mass is 402 g/mol. The molecule has 0 aliphatic carbocycles. The van der Waals surface area contributed by atoms with E-state index in [-0.39, 0.29) is 0 Å². The normalized spacial score (nSPS) is 14.5. The molecule has 0 saturated heterocycles. The van der Waals surface area contributed by atoms with Crippen LogP contribution in [0.3, 0.4) is 0 Å². The topological polar surface area (TPSA) is 61.3 Å². The van der Waals surface area contributed by atoms with E-state index in [9.17, 15) is 5.11 Å². The number of aliphatic hydroxyl groups excluding tert-OH is 1. The fourth-order valence-electron chi connectivity index (χ4n) is 3.79. The van der Waals surface area contributed by atoms with Gasteiger partial charge in [0.05, 0.1) is 11.8 Å². The molecule has 156 valence electrons. The van der Waals surface area contributed by atoms with Crippen LogP contribution in [0, 0.1) is 0 Å². The van der Waals surface area contributed by atoms with Crippen molar-refractivity contribution in [1.29, 1.82) is 0 Å². The molecule has 4 rings (SSSR count). The quantitative estimate of drug-likeness (QED) is 0.618. The fourth-order valence-corrected chi connectivity index (χ4v) is 3.79. The molecule has 0 radical (unpaired) electrons. The van der Waals surface area contributed by atoms with Gasteiger partial charge in [-0.2, -0.15) is 4.98 Å². The summed E-state index contributed by atoms with van der Waals surface area (Å²) in [5, 5.41) is 13.3. The van der Waals surface area contributed by atoms with E-state index in [1.165, 1.54) is 16.7 Å². The van der Waals surface area contributed by atoms with Gasteiger partial charge in [0.25, 0.3) is 0 Å². The molecule has 2 heterocycles. The maximum Gasteiger partial charge on any atom is 0.225 e. The van der Waals surface area contributed by atoms with Gasteiger partial charge < -0.3 is 15.3 Å². The minimum atomic E-state index is -0.429. The summed E-state index contributed by atoms with van der Waals surface area (Å²) in [4.78, 5) is 11.9. The van der Waals surface area contributed by atoms with Crippen molar-refractivity contribution in [1.82, 2.24) is 9.97 Å². The number of hydrogen-bond acceptors (Lipinski definition) is 5. The van der Waals surface area contributed by atoms with E-state index >= 15 is 0 Å². The van der Waals surface area contributed by atoms with Crippen molar-refractivity contribution in [3.05, 3.63) is 82.5 Å². The molecule has 1 aromatic heterocycles. The third kappa shape index (κ3) is 4.62. The van der Waals surface area contributed by atoms with Gasteiger partial charge in [0.2, 0.25) is 5.95 Å². The zero-order chi connectivity index (χ0) is 21.1. The van der Waals surface area contributed by atoms with Crippen LogP contribution in [0.25, 0.3) is 0 Å². The van der Waals surface area contributed by atoms with Gasteiger partial charge >= 0.3 is 0 Å². The first-order valence-electron chi connectivity index (χ1n) is 10.7. The molecule has 0 unspecified atom stereocenters. The largest absolute Gasteiger partial charge is 0.389 e. The van der Waals surface area contributed by atoms with Gasteiger partial charge in [-0.05, 0) is 41.5 Å². The molecule has 1 aliphatic rings. The third-order valence-corrected chi connectivity index (χ3v) is 5.67. The van der Waals surface area contributed by atoms with E-state index in [1.807, 2.05) is 31.2 Å².